The number of fused-ring (bicyclic) bond motifs is 1. The van der Waals surface area contributed by atoms with Gasteiger partial charge in [0, 0.05) is 17.6 Å². The number of aliphatic hydroxyl groups is 1. The molecule has 1 heterocycles. The average Bonchev–Trinajstić information content (AvgIpc) is 2.33. The first kappa shape index (κ1) is 12.6. The second-order valence-corrected chi connectivity index (χ2v) is 5.31. The zero-order valence-corrected chi connectivity index (χ0v) is 11.4. The maximum Gasteiger partial charge on any atom is 0.231 e. The highest BCUT2D eigenvalue weighted by molar-refractivity contribution is 9.10. The number of rotatable bonds is 3. The summed E-state index contributed by atoms with van der Waals surface area (Å²) in [7, 11) is 0. The van der Waals surface area contributed by atoms with Crippen LogP contribution < -0.4 is 5.32 Å². The van der Waals surface area contributed by atoms with Gasteiger partial charge in [-0.25, -0.2) is 0 Å². The van der Waals surface area contributed by atoms with E-state index in [0.29, 0.717) is 19.4 Å². The molecule has 1 atom stereocenters. The second kappa shape index (κ2) is 4.78. The summed E-state index contributed by atoms with van der Waals surface area (Å²) in [5.41, 5.74) is 1.61. The van der Waals surface area contributed by atoms with Gasteiger partial charge in [0.25, 0.3) is 0 Å². The zero-order valence-electron chi connectivity index (χ0n) is 9.79. The molecule has 2 rings (SSSR count). The fourth-order valence-corrected chi connectivity index (χ4v) is 2.94. The number of carbonyl (C=O) groups is 1. The number of nitrogens with one attached hydrogen (secondary N) is 1. The van der Waals surface area contributed by atoms with Crippen LogP contribution in [-0.2, 0) is 16.8 Å². The largest absolute Gasteiger partial charge is 0.396 e. The lowest BCUT2D eigenvalue weighted by Crippen LogP contribution is -2.48. The summed E-state index contributed by atoms with van der Waals surface area (Å²) in [5.74, 6) is 0.0275. The van der Waals surface area contributed by atoms with Gasteiger partial charge in [-0.2, -0.15) is 0 Å². The lowest BCUT2D eigenvalue weighted by Gasteiger charge is -2.37. The summed E-state index contributed by atoms with van der Waals surface area (Å²) in [5, 5.41) is 12.2. The van der Waals surface area contributed by atoms with E-state index in [0.717, 1.165) is 15.6 Å². The molecule has 1 unspecified atom stereocenters. The first-order valence-electron chi connectivity index (χ1n) is 5.82. The Morgan fingerprint density at radius 2 is 2.29 bits per heavy atom. The van der Waals surface area contributed by atoms with Crippen molar-refractivity contribution < 1.29 is 9.90 Å². The van der Waals surface area contributed by atoms with Gasteiger partial charge < -0.3 is 10.4 Å². The fraction of sp³-hybridized carbons (Fsp3) is 0.462. The summed E-state index contributed by atoms with van der Waals surface area (Å²) in [6.07, 6.45) is 1.17. The summed E-state index contributed by atoms with van der Waals surface area (Å²) in [4.78, 5) is 12.2. The Labute approximate surface area is 109 Å². The molecule has 3 nitrogen and oxygen atoms in total. The molecular formula is C13H16BrNO2. The molecular weight excluding hydrogens is 282 g/mol. The standard InChI is InChI=1S/C13H16BrNO2/c1-2-13(5-6-16)11-7-10(14)4-3-9(11)8-15-12(13)17/h3-4,7,16H,2,5-6,8H2,1H3,(H,15,17). The molecule has 0 fully saturated rings. The Hall–Kier alpha value is -0.870. The van der Waals surface area contributed by atoms with E-state index in [9.17, 15) is 9.90 Å². The lowest BCUT2D eigenvalue weighted by atomic mass is 9.71. The van der Waals surface area contributed by atoms with Crippen molar-refractivity contribution in [1.29, 1.82) is 0 Å². The zero-order chi connectivity index (χ0) is 12.5. The molecule has 0 radical (unpaired) electrons. The van der Waals surface area contributed by atoms with Gasteiger partial charge in [0.15, 0.2) is 0 Å². The molecule has 17 heavy (non-hydrogen) atoms. The summed E-state index contributed by atoms with van der Waals surface area (Å²) in [6.45, 7) is 2.59. The molecule has 0 aliphatic carbocycles. The van der Waals surface area contributed by atoms with Crippen molar-refractivity contribution in [2.24, 2.45) is 0 Å². The Morgan fingerprint density at radius 1 is 1.53 bits per heavy atom. The maximum absolute atomic E-state index is 12.2. The van der Waals surface area contributed by atoms with Crippen LogP contribution in [0, 0.1) is 0 Å². The molecule has 0 bridgehead atoms. The van der Waals surface area contributed by atoms with E-state index in [1.807, 2.05) is 25.1 Å². The van der Waals surface area contributed by atoms with Gasteiger partial charge in [-0.15, -0.1) is 0 Å². The maximum atomic E-state index is 12.2. The van der Waals surface area contributed by atoms with Gasteiger partial charge >= 0.3 is 0 Å². The molecule has 0 aromatic heterocycles. The molecule has 92 valence electrons. The molecule has 1 amide bonds. The van der Waals surface area contributed by atoms with Gasteiger partial charge in [-0.05, 0) is 36.1 Å². The van der Waals surface area contributed by atoms with E-state index in [-0.39, 0.29) is 12.5 Å². The highest BCUT2D eigenvalue weighted by atomic mass is 79.9. The number of carbonyl (C=O) groups excluding carboxylic acids is 1. The molecule has 1 aromatic carbocycles. The summed E-state index contributed by atoms with van der Waals surface area (Å²) in [6, 6.07) is 6.02. The number of hydrogen-bond acceptors (Lipinski definition) is 2. The molecule has 1 aliphatic heterocycles. The Balaban J connectivity index is 2.58. The molecule has 4 heteroatoms. The number of hydrogen-bond donors (Lipinski definition) is 2. The van der Waals surface area contributed by atoms with E-state index < -0.39 is 5.41 Å². The van der Waals surface area contributed by atoms with Crippen LogP contribution in [0.5, 0.6) is 0 Å². The van der Waals surface area contributed by atoms with Gasteiger partial charge in [0.05, 0.1) is 5.41 Å². The second-order valence-electron chi connectivity index (χ2n) is 4.39. The van der Waals surface area contributed by atoms with Gasteiger partial charge in [0.2, 0.25) is 5.91 Å². The first-order valence-corrected chi connectivity index (χ1v) is 6.61. The Morgan fingerprint density at radius 3 is 2.94 bits per heavy atom. The predicted molar refractivity (Wildman–Crippen MR) is 69.7 cm³/mol. The van der Waals surface area contributed by atoms with Crippen molar-refractivity contribution in [3.05, 3.63) is 33.8 Å². The van der Waals surface area contributed by atoms with Gasteiger partial charge in [-0.1, -0.05) is 28.9 Å². The van der Waals surface area contributed by atoms with Crippen LogP contribution in [0.1, 0.15) is 30.9 Å². The number of aliphatic hydroxyl groups excluding tert-OH is 1. The van der Waals surface area contributed by atoms with Crippen LogP contribution >= 0.6 is 15.9 Å². The van der Waals surface area contributed by atoms with Crippen molar-refractivity contribution in [1.82, 2.24) is 5.32 Å². The van der Waals surface area contributed by atoms with E-state index in [4.69, 9.17) is 0 Å². The third-order valence-corrected chi connectivity index (χ3v) is 4.10. The fourth-order valence-electron chi connectivity index (χ4n) is 2.58. The minimum atomic E-state index is -0.577. The molecule has 1 aromatic rings. The predicted octanol–water partition coefficient (Wildman–Crippen LogP) is 2.11. The first-order chi connectivity index (χ1) is 8.14. The van der Waals surface area contributed by atoms with E-state index in [2.05, 4.69) is 21.2 Å². The Bertz CT molecular complexity index is 447. The molecule has 0 saturated carbocycles. The van der Waals surface area contributed by atoms with Crippen LogP contribution in [0.3, 0.4) is 0 Å². The van der Waals surface area contributed by atoms with Gasteiger partial charge in [-0.3, -0.25) is 4.79 Å². The summed E-state index contributed by atoms with van der Waals surface area (Å²) < 4.78 is 0.974. The minimum absolute atomic E-state index is 0.0210. The monoisotopic (exact) mass is 297 g/mol. The van der Waals surface area contributed by atoms with E-state index in [1.165, 1.54) is 0 Å². The normalized spacial score (nSPS) is 23.1. The van der Waals surface area contributed by atoms with Crippen LogP contribution in [0.4, 0.5) is 0 Å². The van der Waals surface area contributed by atoms with E-state index >= 15 is 0 Å². The Kier molecular flexibility index (Phi) is 3.54. The minimum Gasteiger partial charge on any atom is -0.396 e. The third kappa shape index (κ3) is 2.00. The SMILES string of the molecule is CCC1(CCO)C(=O)NCc2ccc(Br)cc21. The highest BCUT2D eigenvalue weighted by Crippen LogP contribution is 2.38. The van der Waals surface area contributed by atoms with Gasteiger partial charge in [0.1, 0.15) is 0 Å². The van der Waals surface area contributed by atoms with Crippen LogP contribution in [0.2, 0.25) is 0 Å². The highest BCUT2D eigenvalue weighted by Gasteiger charge is 2.42. The van der Waals surface area contributed by atoms with Crippen molar-refractivity contribution >= 4 is 21.8 Å². The summed E-state index contributed by atoms with van der Waals surface area (Å²) >= 11 is 3.45. The van der Waals surface area contributed by atoms with Crippen molar-refractivity contribution in [3.63, 3.8) is 0 Å². The quantitative estimate of drug-likeness (QED) is 0.898. The van der Waals surface area contributed by atoms with Crippen LogP contribution in [0.15, 0.2) is 22.7 Å². The average molecular weight is 298 g/mol. The number of halogens is 1. The smallest absolute Gasteiger partial charge is 0.231 e. The third-order valence-electron chi connectivity index (χ3n) is 3.60. The lowest BCUT2D eigenvalue weighted by molar-refractivity contribution is -0.128. The van der Waals surface area contributed by atoms with Crippen molar-refractivity contribution in [2.45, 2.75) is 31.7 Å². The van der Waals surface area contributed by atoms with Crippen molar-refractivity contribution in [2.75, 3.05) is 6.61 Å². The molecule has 0 saturated heterocycles. The van der Waals surface area contributed by atoms with E-state index in [1.54, 1.807) is 0 Å². The number of benzene rings is 1. The van der Waals surface area contributed by atoms with Crippen LogP contribution in [-0.4, -0.2) is 17.6 Å². The number of amides is 1. The molecule has 0 spiro atoms. The molecule has 1 aliphatic rings. The molecule has 2 N–H and O–H groups in total. The topological polar surface area (TPSA) is 49.3 Å². The van der Waals surface area contributed by atoms with Crippen LogP contribution in [0.25, 0.3) is 0 Å². The van der Waals surface area contributed by atoms with Crippen molar-refractivity contribution in [3.8, 4) is 0 Å².